The summed E-state index contributed by atoms with van der Waals surface area (Å²) in [5.74, 6) is -1.16. The minimum Gasteiger partial charge on any atom is -0.360 e. The van der Waals surface area contributed by atoms with Gasteiger partial charge in [0.1, 0.15) is 16.4 Å². The van der Waals surface area contributed by atoms with Crippen molar-refractivity contribution >= 4 is 21.6 Å². The maximum Gasteiger partial charge on any atom is 0.246 e. The maximum atomic E-state index is 13.7. The van der Waals surface area contributed by atoms with E-state index in [9.17, 15) is 17.6 Å². The Hall–Kier alpha value is -2.26. The molecule has 9 heteroatoms. The molecule has 1 amide bonds. The van der Waals surface area contributed by atoms with Crippen LogP contribution in [0.5, 0.6) is 0 Å². The Morgan fingerprint density at radius 3 is 2.54 bits per heavy atom. The summed E-state index contributed by atoms with van der Waals surface area (Å²) in [7, 11) is -3.99. The molecule has 0 fully saturated rings. The van der Waals surface area contributed by atoms with Crippen LogP contribution in [0.1, 0.15) is 23.9 Å². The van der Waals surface area contributed by atoms with E-state index in [1.54, 1.807) is 13.0 Å². The molecule has 2 N–H and O–H groups in total. The van der Waals surface area contributed by atoms with Gasteiger partial charge >= 0.3 is 0 Å². The van der Waals surface area contributed by atoms with Crippen molar-refractivity contribution in [1.82, 2.24) is 9.88 Å². The molecular formula is C15H18FN3O4S. The maximum absolute atomic E-state index is 13.7. The highest BCUT2D eigenvalue weighted by molar-refractivity contribution is 7.89. The number of halogens is 1. The number of sulfonamides is 1. The fraction of sp³-hybridized carbons (Fsp3) is 0.333. The molecule has 7 nitrogen and oxygen atoms in total. The summed E-state index contributed by atoms with van der Waals surface area (Å²) in [4.78, 5) is 12.0. The van der Waals surface area contributed by atoms with Crippen molar-refractivity contribution in [3.8, 4) is 0 Å². The van der Waals surface area contributed by atoms with Gasteiger partial charge < -0.3 is 9.84 Å². The van der Waals surface area contributed by atoms with Gasteiger partial charge in [-0.1, -0.05) is 11.2 Å². The van der Waals surface area contributed by atoms with Gasteiger partial charge in [-0.15, -0.1) is 0 Å². The van der Waals surface area contributed by atoms with E-state index in [1.807, 2.05) is 0 Å². The van der Waals surface area contributed by atoms with Crippen LogP contribution in [0.3, 0.4) is 0 Å². The van der Waals surface area contributed by atoms with Gasteiger partial charge in [0.25, 0.3) is 0 Å². The predicted octanol–water partition coefficient (Wildman–Crippen LogP) is 2.04. The van der Waals surface area contributed by atoms with Gasteiger partial charge in [0.2, 0.25) is 15.9 Å². The molecule has 1 atom stereocenters. The summed E-state index contributed by atoms with van der Waals surface area (Å²) in [5, 5.41) is 5.95. The largest absolute Gasteiger partial charge is 0.360 e. The molecule has 1 aromatic carbocycles. The van der Waals surface area contributed by atoms with Gasteiger partial charge in [-0.05, 0) is 45.4 Å². The first-order chi connectivity index (χ1) is 11.1. The summed E-state index contributed by atoms with van der Waals surface area (Å²) in [6.45, 7) is 6.05. The smallest absolute Gasteiger partial charge is 0.246 e. The number of hydrogen-bond acceptors (Lipinski definition) is 5. The Kier molecular flexibility index (Phi) is 5.05. The lowest BCUT2D eigenvalue weighted by atomic mass is 10.2. The number of anilines is 1. The van der Waals surface area contributed by atoms with Crippen molar-refractivity contribution in [2.75, 3.05) is 5.32 Å². The monoisotopic (exact) mass is 355 g/mol. The lowest BCUT2D eigenvalue weighted by Crippen LogP contribution is -2.41. The summed E-state index contributed by atoms with van der Waals surface area (Å²) < 4.78 is 45.5. The van der Waals surface area contributed by atoms with Gasteiger partial charge in [-0.25, -0.2) is 12.8 Å². The van der Waals surface area contributed by atoms with Crippen molar-refractivity contribution < 1.29 is 22.1 Å². The molecule has 0 radical (unpaired) electrons. The van der Waals surface area contributed by atoms with E-state index in [0.29, 0.717) is 0 Å². The molecule has 0 aliphatic heterocycles. The average Bonchev–Trinajstić information content (AvgIpc) is 2.82. The molecule has 24 heavy (non-hydrogen) atoms. The Morgan fingerprint density at radius 2 is 1.96 bits per heavy atom. The highest BCUT2D eigenvalue weighted by Crippen LogP contribution is 2.19. The van der Waals surface area contributed by atoms with Crippen molar-refractivity contribution in [2.24, 2.45) is 0 Å². The van der Waals surface area contributed by atoms with E-state index in [0.717, 1.165) is 5.56 Å². The van der Waals surface area contributed by atoms with Gasteiger partial charge in [0.15, 0.2) is 5.76 Å². The lowest BCUT2D eigenvalue weighted by Gasteiger charge is -2.15. The van der Waals surface area contributed by atoms with Crippen LogP contribution in [0, 0.1) is 26.6 Å². The standard InChI is InChI=1S/C15H18FN3O4S/c1-8-5-6-12(16)13(7-8)17-15(20)10(3)19-24(21,22)14-9(2)18-23-11(14)4/h5-7,10,19H,1-4H3,(H,17,20)/t10-/m1/s1. The number of benzene rings is 1. The van der Waals surface area contributed by atoms with Gasteiger partial charge in [-0.3, -0.25) is 4.79 Å². The Bertz CT molecular complexity index is 857. The number of amides is 1. The van der Waals surface area contributed by atoms with Crippen LogP contribution >= 0.6 is 0 Å². The molecule has 0 aliphatic rings. The van der Waals surface area contributed by atoms with Gasteiger partial charge in [-0.2, -0.15) is 4.72 Å². The van der Waals surface area contributed by atoms with Crippen LogP contribution in [0.15, 0.2) is 27.6 Å². The van der Waals surface area contributed by atoms with Crippen LogP contribution in [0.4, 0.5) is 10.1 Å². The molecule has 130 valence electrons. The first kappa shape index (κ1) is 18.1. The highest BCUT2D eigenvalue weighted by Gasteiger charge is 2.28. The summed E-state index contributed by atoms with van der Waals surface area (Å²) in [6.07, 6.45) is 0. The van der Waals surface area contributed by atoms with E-state index in [1.165, 1.54) is 32.9 Å². The zero-order valence-corrected chi connectivity index (χ0v) is 14.5. The highest BCUT2D eigenvalue weighted by atomic mass is 32.2. The fourth-order valence-electron chi connectivity index (χ4n) is 2.18. The molecule has 2 rings (SSSR count). The van der Waals surface area contributed by atoms with E-state index < -0.39 is 27.8 Å². The van der Waals surface area contributed by atoms with Crippen LogP contribution in [0.25, 0.3) is 0 Å². The number of carbonyl (C=O) groups excluding carboxylic acids is 1. The van der Waals surface area contributed by atoms with Crippen LogP contribution in [0.2, 0.25) is 0 Å². The number of carbonyl (C=O) groups is 1. The number of rotatable bonds is 5. The Morgan fingerprint density at radius 1 is 1.29 bits per heavy atom. The summed E-state index contributed by atoms with van der Waals surface area (Å²) in [5.41, 5.74) is 0.941. The molecule has 1 aromatic heterocycles. The van der Waals surface area contributed by atoms with Crippen molar-refractivity contribution in [3.05, 3.63) is 41.0 Å². The molecule has 1 heterocycles. The summed E-state index contributed by atoms with van der Waals surface area (Å²) >= 11 is 0. The van der Waals surface area contributed by atoms with Crippen LogP contribution < -0.4 is 10.0 Å². The molecule has 0 saturated carbocycles. The molecule has 0 unspecified atom stereocenters. The van der Waals surface area contributed by atoms with E-state index in [4.69, 9.17) is 4.52 Å². The van der Waals surface area contributed by atoms with Crippen molar-refractivity contribution in [1.29, 1.82) is 0 Å². The zero-order chi connectivity index (χ0) is 18.1. The van der Waals surface area contributed by atoms with Gasteiger partial charge in [0.05, 0.1) is 11.7 Å². The molecule has 0 saturated heterocycles. The number of hydrogen-bond donors (Lipinski definition) is 2. The third kappa shape index (κ3) is 3.80. The average molecular weight is 355 g/mol. The topological polar surface area (TPSA) is 101 Å². The van der Waals surface area contributed by atoms with Crippen LogP contribution in [-0.4, -0.2) is 25.5 Å². The fourth-order valence-corrected chi connectivity index (χ4v) is 3.71. The van der Waals surface area contributed by atoms with E-state index in [2.05, 4.69) is 15.2 Å². The predicted molar refractivity (Wildman–Crippen MR) is 85.5 cm³/mol. The summed E-state index contributed by atoms with van der Waals surface area (Å²) in [6, 6.07) is 3.13. The third-order valence-electron chi connectivity index (χ3n) is 3.34. The van der Waals surface area contributed by atoms with Crippen molar-refractivity contribution in [2.45, 2.75) is 38.6 Å². The first-order valence-corrected chi connectivity index (χ1v) is 8.62. The van der Waals surface area contributed by atoms with Crippen LogP contribution in [-0.2, 0) is 14.8 Å². The minimum atomic E-state index is -3.99. The molecule has 0 spiro atoms. The molecular weight excluding hydrogens is 337 g/mol. The number of nitrogens with one attached hydrogen (secondary N) is 2. The molecule has 0 aliphatic carbocycles. The number of aromatic nitrogens is 1. The number of aryl methyl sites for hydroxylation is 3. The molecule has 0 bridgehead atoms. The number of nitrogens with zero attached hydrogens (tertiary/aromatic N) is 1. The second kappa shape index (κ2) is 6.70. The second-order valence-electron chi connectivity index (χ2n) is 5.47. The van der Waals surface area contributed by atoms with E-state index in [-0.39, 0.29) is 22.0 Å². The quantitative estimate of drug-likeness (QED) is 0.855. The SMILES string of the molecule is Cc1ccc(F)c(NC(=O)[C@@H](C)NS(=O)(=O)c2c(C)noc2C)c1. The Labute approximate surface area is 139 Å². The zero-order valence-electron chi connectivity index (χ0n) is 13.7. The van der Waals surface area contributed by atoms with E-state index >= 15 is 0 Å². The lowest BCUT2D eigenvalue weighted by molar-refractivity contribution is -0.117. The molecule has 2 aromatic rings. The Balaban J connectivity index is 2.16. The first-order valence-electron chi connectivity index (χ1n) is 7.14. The third-order valence-corrected chi connectivity index (χ3v) is 5.13. The van der Waals surface area contributed by atoms with Crippen molar-refractivity contribution in [3.63, 3.8) is 0 Å². The normalized spacial score (nSPS) is 12.9. The minimum absolute atomic E-state index is 0.0108. The van der Waals surface area contributed by atoms with Gasteiger partial charge in [0, 0.05) is 0 Å². The second-order valence-corrected chi connectivity index (χ2v) is 7.12.